The van der Waals surface area contributed by atoms with Crippen LogP contribution in [0.4, 0.5) is 0 Å². The number of carbonyl (C=O) groups excluding carboxylic acids is 2. The van der Waals surface area contributed by atoms with E-state index in [2.05, 4.69) is 0 Å². The van der Waals surface area contributed by atoms with Crippen LogP contribution in [0, 0.1) is 0 Å². The summed E-state index contributed by atoms with van der Waals surface area (Å²) < 4.78 is 11.9. The molecule has 12 heteroatoms. The number of nitrogens with zero attached hydrogens (tertiary/aromatic N) is 2. The van der Waals surface area contributed by atoms with Crippen LogP contribution in [0.25, 0.3) is 0 Å². The number of carbonyl (C=O) groups is 2. The molecule has 0 saturated carbocycles. The van der Waals surface area contributed by atoms with E-state index in [4.69, 9.17) is 55.9 Å². The summed E-state index contributed by atoms with van der Waals surface area (Å²) in [5.41, 5.74) is 3.58. The third kappa shape index (κ3) is 9.78. The third-order valence-corrected chi connectivity index (χ3v) is 10.9. The first-order chi connectivity index (χ1) is 25.8. The predicted molar refractivity (Wildman–Crippen MR) is 214 cm³/mol. The average molecular weight is 817 g/mol. The van der Waals surface area contributed by atoms with E-state index in [0.717, 1.165) is 22.3 Å². The SMILES string of the molecule is CC[C@@H]([C@@H](C)O)N1C(=O)CO[C@H](c2cccc(Cl)c2)[C@H]1c1ccc(Cl)cc1.CC[C@@H]([C@H](C)O)N1C(=O)CO[C@H](c2cccc(Cl)c2)[C@H]1c1ccc(Cl)cc1. The molecular weight excluding hydrogens is 770 g/mol. The van der Waals surface area contributed by atoms with E-state index in [9.17, 15) is 19.8 Å². The molecule has 2 heterocycles. The molecule has 0 spiro atoms. The molecule has 0 aliphatic carbocycles. The number of rotatable bonds is 10. The van der Waals surface area contributed by atoms with Gasteiger partial charge in [0.2, 0.25) is 11.8 Å². The van der Waals surface area contributed by atoms with Crippen LogP contribution < -0.4 is 0 Å². The molecule has 0 aromatic heterocycles. The minimum absolute atomic E-state index is 0.0372. The molecular formula is C42H46Cl4N2O6. The molecule has 0 bridgehead atoms. The van der Waals surface area contributed by atoms with Crippen molar-refractivity contribution < 1.29 is 29.3 Å². The van der Waals surface area contributed by atoms with Gasteiger partial charge in [0.25, 0.3) is 0 Å². The van der Waals surface area contributed by atoms with Crippen molar-refractivity contribution in [2.45, 2.75) is 89.1 Å². The maximum absolute atomic E-state index is 12.8. The number of benzene rings is 4. The Morgan fingerprint density at radius 1 is 0.574 bits per heavy atom. The van der Waals surface area contributed by atoms with Crippen molar-refractivity contribution in [2.75, 3.05) is 13.2 Å². The monoisotopic (exact) mass is 814 g/mol. The predicted octanol–water partition coefficient (Wildman–Crippen LogP) is 9.59. The lowest BCUT2D eigenvalue weighted by molar-refractivity contribution is -0.168. The number of ether oxygens (including phenoxy) is 2. The number of hydrogen-bond donors (Lipinski definition) is 2. The van der Waals surface area contributed by atoms with Gasteiger partial charge in [0, 0.05) is 20.1 Å². The van der Waals surface area contributed by atoms with E-state index >= 15 is 0 Å². The lowest BCUT2D eigenvalue weighted by atomic mass is 9.90. The van der Waals surface area contributed by atoms with Crippen LogP contribution in [-0.4, -0.2) is 69.3 Å². The highest BCUT2D eigenvalue weighted by molar-refractivity contribution is 6.31. The molecule has 0 unspecified atom stereocenters. The van der Waals surface area contributed by atoms with Crippen molar-refractivity contribution in [2.24, 2.45) is 0 Å². The quantitative estimate of drug-likeness (QED) is 0.166. The molecule has 4 aromatic carbocycles. The maximum atomic E-state index is 12.8. The van der Waals surface area contributed by atoms with Gasteiger partial charge in [-0.3, -0.25) is 9.59 Å². The first-order valence-electron chi connectivity index (χ1n) is 18.1. The first kappa shape index (κ1) is 42.0. The molecule has 2 N–H and O–H groups in total. The van der Waals surface area contributed by atoms with Gasteiger partial charge in [-0.05, 0) is 97.5 Å². The highest BCUT2D eigenvalue weighted by atomic mass is 35.5. The Kier molecular flexibility index (Phi) is 14.9. The van der Waals surface area contributed by atoms with Gasteiger partial charge in [-0.25, -0.2) is 0 Å². The van der Waals surface area contributed by atoms with Gasteiger partial charge in [-0.15, -0.1) is 0 Å². The van der Waals surface area contributed by atoms with Crippen molar-refractivity contribution in [1.29, 1.82) is 0 Å². The van der Waals surface area contributed by atoms with Crippen molar-refractivity contribution in [3.63, 3.8) is 0 Å². The van der Waals surface area contributed by atoms with Crippen LogP contribution in [-0.2, 0) is 19.1 Å². The summed E-state index contributed by atoms with van der Waals surface area (Å²) >= 11 is 24.5. The van der Waals surface area contributed by atoms with E-state index in [1.54, 1.807) is 60.0 Å². The van der Waals surface area contributed by atoms with Crippen molar-refractivity contribution in [3.05, 3.63) is 139 Å². The van der Waals surface area contributed by atoms with Gasteiger partial charge >= 0.3 is 0 Å². The number of morpholine rings is 2. The Morgan fingerprint density at radius 2 is 0.926 bits per heavy atom. The summed E-state index contributed by atoms with van der Waals surface area (Å²) in [6.45, 7) is 7.28. The van der Waals surface area contributed by atoms with Gasteiger partial charge in [0.05, 0.1) is 36.4 Å². The Hall–Kier alpha value is -3.18. The highest BCUT2D eigenvalue weighted by Crippen LogP contribution is 2.44. The molecule has 2 fully saturated rings. The largest absolute Gasteiger partial charge is 0.391 e. The molecule has 8 nitrogen and oxygen atoms in total. The summed E-state index contributed by atoms with van der Waals surface area (Å²) in [6, 6.07) is 28.3. The lowest BCUT2D eigenvalue weighted by Gasteiger charge is -2.46. The number of hydrogen-bond acceptors (Lipinski definition) is 6. The van der Waals surface area contributed by atoms with Gasteiger partial charge in [-0.1, -0.05) is 109 Å². The summed E-state index contributed by atoms with van der Waals surface area (Å²) in [7, 11) is 0. The Labute approximate surface area is 337 Å². The van der Waals surface area contributed by atoms with E-state index < -0.39 is 24.4 Å². The summed E-state index contributed by atoms with van der Waals surface area (Å²) in [5, 5.41) is 23.1. The minimum atomic E-state index is -0.660. The molecule has 54 heavy (non-hydrogen) atoms. The number of aliphatic hydroxyl groups is 2. The Morgan fingerprint density at radius 3 is 1.22 bits per heavy atom. The lowest BCUT2D eigenvalue weighted by Crippen LogP contribution is -2.53. The molecule has 8 atom stereocenters. The smallest absolute Gasteiger partial charge is 0.249 e. The zero-order chi connectivity index (χ0) is 39.1. The summed E-state index contributed by atoms with van der Waals surface area (Å²) in [4.78, 5) is 29.2. The molecule has 4 aromatic rings. The second kappa shape index (κ2) is 19.1. The number of halogens is 4. The first-order valence-corrected chi connectivity index (χ1v) is 19.6. The van der Waals surface area contributed by atoms with Gasteiger partial charge in [-0.2, -0.15) is 0 Å². The highest BCUT2D eigenvalue weighted by Gasteiger charge is 2.44. The fourth-order valence-corrected chi connectivity index (χ4v) is 8.14. The molecule has 288 valence electrons. The summed E-state index contributed by atoms with van der Waals surface area (Å²) in [5.74, 6) is -0.276. The number of amides is 2. The maximum Gasteiger partial charge on any atom is 0.249 e. The van der Waals surface area contributed by atoms with Crippen LogP contribution in [0.2, 0.25) is 20.1 Å². The van der Waals surface area contributed by atoms with Crippen molar-refractivity contribution in [1.82, 2.24) is 9.80 Å². The molecule has 6 rings (SSSR count). The van der Waals surface area contributed by atoms with Gasteiger partial charge < -0.3 is 29.5 Å². The fraction of sp³-hybridized carbons (Fsp3) is 0.381. The molecule has 2 aliphatic heterocycles. The normalized spacial score (nSPS) is 22.6. The second-order valence-corrected chi connectivity index (χ2v) is 15.3. The topological polar surface area (TPSA) is 99.5 Å². The zero-order valence-electron chi connectivity index (χ0n) is 30.6. The number of aliphatic hydroxyl groups excluding tert-OH is 2. The molecule has 0 radical (unpaired) electrons. The standard InChI is InChI=1S/2C21H23Cl2NO3/c2*1-3-18(13(2)25)24-19(26)12-27-21(15-5-4-6-17(23)11-15)20(24)14-7-9-16(22)10-8-14/h2*4-11,13,18,20-21,25H,3,12H2,1-2H3/t13-,18+,20-,21-;13-,18-,20+,21+/m10/s1. The van der Waals surface area contributed by atoms with Crippen LogP contribution in [0.1, 0.15) is 87.1 Å². The summed E-state index contributed by atoms with van der Waals surface area (Å²) in [6.07, 6.45) is -0.838. The van der Waals surface area contributed by atoms with E-state index in [1.165, 1.54) is 0 Å². The van der Waals surface area contributed by atoms with Crippen molar-refractivity contribution in [3.8, 4) is 0 Å². The molecule has 2 aliphatic rings. The van der Waals surface area contributed by atoms with Crippen LogP contribution in [0.5, 0.6) is 0 Å². The van der Waals surface area contributed by atoms with Crippen LogP contribution in [0.15, 0.2) is 97.1 Å². The molecule has 2 amide bonds. The van der Waals surface area contributed by atoms with Crippen molar-refractivity contribution >= 4 is 58.2 Å². The van der Waals surface area contributed by atoms with E-state index in [0.29, 0.717) is 32.9 Å². The molecule has 2 saturated heterocycles. The Balaban J connectivity index is 0.000000208. The minimum Gasteiger partial charge on any atom is -0.391 e. The average Bonchev–Trinajstić information content (AvgIpc) is 3.14. The van der Waals surface area contributed by atoms with Crippen LogP contribution in [0.3, 0.4) is 0 Å². The Bertz CT molecular complexity index is 1720. The van der Waals surface area contributed by atoms with Crippen LogP contribution >= 0.6 is 46.4 Å². The van der Waals surface area contributed by atoms with Gasteiger partial charge in [0.15, 0.2) is 0 Å². The second-order valence-electron chi connectivity index (χ2n) is 13.6. The zero-order valence-corrected chi connectivity index (χ0v) is 33.6. The van der Waals surface area contributed by atoms with E-state index in [-0.39, 0.29) is 49.2 Å². The third-order valence-electron chi connectivity index (χ3n) is 9.96. The van der Waals surface area contributed by atoms with Gasteiger partial charge in [0.1, 0.15) is 25.4 Å². The van der Waals surface area contributed by atoms with E-state index in [1.807, 2.05) is 74.5 Å². The fourth-order valence-electron chi connectivity index (χ4n) is 7.49.